The van der Waals surface area contributed by atoms with Crippen molar-refractivity contribution in [1.82, 2.24) is 4.90 Å². The molecular formula is C20H26N2O2. The van der Waals surface area contributed by atoms with Gasteiger partial charge in [0.05, 0.1) is 19.8 Å². The van der Waals surface area contributed by atoms with Crippen LogP contribution in [0.25, 0.3) is 0 Å². The molecule has 0 aromatic heterocycles. The Morgan fingerprint density at radius 3 is 2.62 bits per heavy atom. The number of nitrogens with zero attached hydrogens (tertiary/aromatic N) is 1. The molecule has 1 aliphatic rings. The molecule has 24 heavy (non-hydrogen) atoms. The molecule has 0 amide bonds. The van der Waals surface area contributed by atoms with E-state index in [2.05, 4.69) is 53.5 Å². The van der Waals surface area contributed by atoms with Gasteiger partial charge >= 0.3 is 0 Å². The van der Waals surface area contributed by atoms with Gasteiger partial charge in [-0.25, -0.2) is 0 Å². The van der Waals surface area contributed by atoms with E-state index in [4.69, 9.17) is 4.74 Å². The Hall–Kier alpha value is -1.88. The van der Waals surface area contributed by atoms with E-state index in [0.717, 1.165) is 44.1 Å². The Morgan fingerprint density at radius 1 is 1.08 bits per heavy atom. The van der Waals surface area contributed by atoms with Gasteiger partial charge < -0.3 is 15.2 Å². The highest BCUT2D eigenvalue weighted by atomic mass is 16.5. The zero-order valence-corrected chi connectivity index (χ0v) is 14.2. The average molecular weight is 326 g/mol. The molecule has 4 heteroatoms. The summed E-state index contributed by atoms with van der Waals surface area (Å²) in [5, 5.41) is 12.9. The summed E-state index contributed by atoms with van der Waals surface area (Å²) in [5.41, 5.74) is 4.57. The number of hydrogen-bond acceptors (Lipinski definition) is 4. The zero-order chi connectivity index (χ0) is 16.8. The van der Waals surface area contributed by atoms with Crippen molar-refractivity contribution in [2.75, 3.05) is 31.6 Å². The summed E-state index contributed by atoms with van der Waals surface area (Å²) in [5.74, 6) is 0. The van der Waals surface area contributed by atoms with Crippen LogP contribution in [0.2, 0.25) is 0 Å². The minimum Gasteiger partial charge on any atom is -0.392 e. The van der Waals surface area contributed by atoms with Crippen molar-refractivity contribution in [2.45, 2.75) is 26.1 Å². The minimum atomic E-state index is 0.0790. The number of aliphatic hydroxyl groups is 1. The second-order valence-corrected chi connectivity index (χ2v) is 6.36. The summed E-state index contributed by atoms with van der Waals surface area (Å²) in [6, 6.07) is 16.9. The van der Waals surface area contributed by atoms with Crippen LogP contribution in [-0.2, 0) is 17.9 Å². The SMILES string of the molecule is CC(Nc1cccc(CN2CCOCC2)c1)c1cccc(CO)c1. The molecule has 1 heterocycles. The molecule has 4 nitrogen and oxygen atoms in total. The third kappa shape index (κ3) is 4.57. The standard InChI is InChI=1S/C20H26N2O2/c1-16(19-6-2-5-18(12-19)15-23)21-20-7-3-4-17(13-20)14-22-8-10-24-11-9-22/h2-7,12-13,16,21,23H,8-11,14-15H2,1H3. The maximum atomic E-state index is 9.29. The quantitative estimate of drug-likeness (QED) is 0.856. The Morgan fingerprint density at radius 2 is 1.83 bits per heavy atom. The number of ether oxygens (including phenoxy) is 1. The topological polar surface area (TPSA) is 44.7 Å². The van der Waals surface area contributed by atoms with E-state index in [-0.39, 0.29) is 12.6 Å². The Kier molecular flexibility index (Phi) is 5.86. The maximum Gasteiger partial charge on any atom is 0.0681 e. The Labute approximate surface area is 144 Å². The van der Waals surface area contributed by atoms with Crippen LogP contribution in [0.5, 0.6) is 0 Å². The van der Waals surface area contributed by atoms with Crippen molar-refractivity contribution in [3.8, 4) is 0 Å². The molecule has 0 spiro atoms. The summed E-state index contributed by atoms with van der Waals surface area (Å²) >= 11 is 0. The molecule has 2 aromatic carbocycles. The molecule has 1 fully saturated rings. The average Bonchev–Trinajstić information content (AvgIpc) is 2.63. The summed E-state index contributed by atoms with van der Waals surface area (Å²) < 4.78 is 5.41. The third-order valence-electron chi connectivity index (χ3n) is 4.45. The predicted molar refractivity (Wildman–Crippen MR) is 96.9 cm³/mol. The molecule has 2 aromatic rings. The van der Waals surface area contributed by atoms with Crippen molar-refractivity contribution >= 4 is 5.69 Å². The number of morpholine rings is 1. The van der Waals surface area contributed by atoms with E-state index in [1.165, 1.54) is 11.1 Å². The summed E-state index contributed by atoms with van der Waals surface area (Å²) in [7, 11) is 0. The lowest BCUT2D eigenvalue weighted by molar-refractivity contribution is 0.0342. The molecular weight excluding hydrogens is 300 g/mol. The minimum absolute atomic E-state index is 0.0790. The van der Waals surface area contributed by atoms with E-state index >= 15 is 0 Å². The van der Waals surface area contributed by atoms with E-state index in [0.29, 0.717) is 0 Å². The molecule has 3 rings (SSSR count). The molecule has 0 radical (unpaired) electrons. The first-order chi connectivity index (χ1) is 11.7. The van der Waals surface area contributed by atoms with Crippen molar-refractivity contribution in [3.05, 3.63) is 65.2 Å². The summed E-state index contributed by atoms with van der Waals surface area (Å²) in [6.07, 6.45) is 0. The van der Waals surface area contributed by atoms with Crippen LogP contribution in [0, 0.1) is 0 Å². The van der Waals surface area contributed by atoms with Crippen molar-refractivity contribution in [1.29, 1.82) is 0 Å². The number of anilines is 1. The molecule has 1 unspecified atom stereocenters. The number of nitrogens with one attached hydrogen (secondary N) is 1. The third-order valence-corrected chi connectivity index (χ3v) is 4.45. The van der Waals surface area contributed by atoms with Crippen LogP contribution >= 0.6 is 0 Å². The highest BCUT2D eigenvalue weighted by Crippen LogP contribution is 2.21. The number of hydrogen-bond donors (Lipinski definition) is 2. The summed E-state index contributed by atoms with van der Waals surface area (Å²) in [4.78, 5) is 2.43. The van der Waals surface area contributed by atoms with Gasteiger partial charge in [0.25, 0.3) is 0 Å². The molecule has 0 saturated carbocycles. The van der Waals surface area contributed by atoms with Gasteiger partial charge in [-0.3, -0.25) is 4.90 Å². The molecule has 1 atom stereocenters. The lowest BCUT2D eigenvalue weighted by atomic mass is 10.0. The maximum absolute atomic E-state index is 9.29. The smallest absolute Gasteiger partial charge is 0.0681 e. The first-order valence-electron chi connectivity index (χ1n) is 8.60. The van der Waals surface area contributed by atoms with Crippen LogP contribution in [-0.4, -0.2) is 36.3 Å². The fraction of sp³-hybridized carbons (Fsp3) is 0.400. The van der Waals surface area contributed by atoms with Gasteiger partial charge in [-0.05, 0) is 35.7 Å². The van der Waals surface area contributed by atoms with E-state index in [9.17, 15) is 5.11 Å². The lowest BCUT2D eigenvalue weighted by Crippen LogP contribution is -2.35. The van der Waals surface area contributed by atoms with Crippen molar-refractivity contribution in [3.63, 3.8) is 0 Å². The fourth-order valence-corrected chi connectivity index (χ4v) is 3.07. The van der Waals surface area contributed by atoms with E-state index in [1.807, 2.05) is 12.1 Å². The van der Waals surface area contributed by atoms with Crippen molar-refractivity contribution < 1.29 is 9.84 Å². The van der Waals surface area contributed by atoms with Crippen LogP contribution in [0.4, 0.5) is 5.69 Å². The monoisotopic (exact) mass is 326 g/mol. The van der Waals surface area contributed by atoms with Gasteiger partial charge in [0.15, 0.2) is 0 Å². The molecule has 2 N–H and O–H groups in total. The second kappa shape index (κ2) is 8.29. The van der Waals surface area contributed by atoms with Crippen LogP contribution < -0.4 is 5.32 Å². The first-order valence-corrected chi connectivity index (χ1v) is 8.60. The molecule has 128 valence electrons. The van der Waals surface area contributed by atoms with Gasteiger partial charge in [-0.2, -0.15) is 0 Å². The molecule has 0 aliphatic carbocycles. The molecule has 1 saturated heterocycles. The highest BCUT2D eigenvalue weighted by molar-refractivity contribution is 5.48. The van der Waals surface area contributed by atoms with Crippen LogP contribution in [0.15, 0.2) is 48.5 Å². The first kappa shape index (κ1) is 17.0. The van der Waals surface area contributed by atoms with E-state index in [1.54, 1.807) is 0 Å². The molecule has 1 aliphatic heterocycles. The van der Waals surface area contributed by atoms with Crippen molar-refractivity contribution in [2.24, 2.45) is 0 Å². The Balaban J connectivity index is 1.64. The number of benzene rings is 2. The van der Waals surface area contributed by atoms with Gasteiger partial charge in [-0.15, -0.1) is 0 Å². The van der Waals surface area contributed by atoms with Gasteiger partial charge in [0, 0.05) is 31.4 Å². The second-order valence-electron chi connectivity index (χ2n) is 6.36. The normalized spacial score (nSPS) is 16.8. The number of rotatable bonds is 6. The van der Waals surface area contributed by atoms with Gasteiger partial charge in [0.1, 0.15) is 0 Å². The highest BCUT2D eigenvalue weighted by Gasteiger charge is 2.11. The lowest BCUT2D eigenvalue weighted by Gasteiger charge is -2.26. The van der Waals surface area contributed by atoms with Gasteiger partial charge in [0.2, 0.25) is 0 Å². The van der Waals surface area contributed by atoms with Crippen LogP contribution in [0.1, 0.15) is 29.7 Å². The fourth-order valence-electron chi connectivity index (χ4n) is 3.07. The molecule has 0 bridgehead atoms. The van der Waals surface area contributed by atoms with Gasteiger partial charge in [-0.1, -0.05) is 36.4 Å². The van der Waals surface area contributed by atoms with E-state index < -0.39 is 0 Å². The largest absolute Gasteiger partial charge is 0.392 e. The zero-order valence-electron chi connectivity index (χ0n) is 14.2. The summed E-state index contributed by atoms with van der Waals surface area (Å²) in [6.45, 7) is 6.85. The van der Waals surface area contributed by atoms with Crippen LogP contribution in [0.3, 0.4) is 0 Å². The predicted octanol–water partition coefficient (Wildman–Crippen LogP) is 3.18. The number of aliphatic hydroxyl groups excluding tert-OH is 1. The Bertz CT molecular complexity index is 654.